The van der Waals surface area contributed by atoms with Crippen molar-refractivity contribution in [3.8, 4) is 11.1 Å². The molecule has 2 saturated carbocycles. The van der Waals surface area contributed by atoms with E-state index in [0.717, 1.165) is 32.1 Å². The average molecular weight is 477 g/mol. The van der Waals surface area contributed by atoms with Gasteiger partial charge >= 0.3 is 12.1 Å². The number of aliphatic carboxylic acids is 1. The third kappa shape index (κ3) is 5.34. The second-order valence-electron chi connectivity index (χ2n) is 10.1. The second kappa shape index (κ2) is 10.1. The number of hydrogen-bond acceptors (Lipinski definition) is 4. The van der Waals surface area contributed by atoms with E-state index in [1.54, 1.807) is 0 Å². The lowest BCUT2D eigenvalue weighted by atomic mass is 9.85. The van der Waals surface area contributed by atoms with Crippen LogP contribution in [0.5, 0.6) is 0 Å². The van der Waals surface area contributed by atoms with Gasteiger partial charge in [0.25, 0.3) is 0 Å². The lowest BCUT2D eigenvalue weighted by molar-refractivity contribution is -0.138. The molecule has 0 aliphatic heterocycles. The van der Waals surface area contributed by atoms with E-state index in [1.165, 1.54) is 22.3 Å². The summed E-state index contributed by atoms with van der Waals surface area (Å²) in [4.78, 5) is 36.7. The summed E-state index contributed by atoms with van der Waals surface area (Å²) in [5.41, 5.74) is 4.71. The van der Waals surface area contributed by atoms with Crippen molar-refractivity contribution in [2.24, 2.45) is 11.8 Å². The number of hydrogen-bond donors (Lipinski definition) is 3. The van der Waals surface area contributed by atoms with Crippen molar-refractivity contribution in [3.05, 3.63) is 59.7 Å². The minimum absolute atomic E-state index is 0.00613. The minimum Gasteiger partial charge on any atom is -0.481 e. The number of fused-ring (bicyclic) bond motifs is 3. The van der Waals surface area contributed by atoms with Gasteiger partial charge in [-0.1, -0.05) is 55.0 Å². The molecule has 7 heteroatoms. The van der Waals surface area contributed by atoms with Crippen molar-refractivity contribution in [2.45, 2.75) is 62.9 Å². The van der Waals surface area contributed by atoms with Crippen LogP contribution >= 0.6 is 0 Å². The number of rotatable bonds is 8. The van der Waals surface area contributed by atoms with Gasteiger partial charge < -0.3 is 20.5 Å². The van der Waals surface area contributed by atoms with Gasteiger partial charge in [-0.05, 0) is 60.3 Å². The highest BCUT2D eigenvalue weighted by atomic mass is 16.5. The highest BCUT2D eigenvalue weighted by Gasteiger charge is 2.36. The monoisotopic (exact) mass is 476 g/mol. The molecule has 0 bridgehead atoms. The van der Waals surface area contributed by atoms with E-state index in [-0.39, 0.29) is 48.8 Å². The topological polar surface area (TPSA) is 105 Å². The molecule has 184 valence electrons. The maximum Gasteiger partial charge on any atom is 0.407 e. The highest BCUT2D eigenvalue weighted by molar-refractivity contribution is 5.80. The lowest BCUT2D eigenvalue weighted by Crippen LogP contribution is -2.46. The van der Waals surface area contributed by atoms with Crippen molar-refractivity contribution in [2.75, 3.05) is 6.61 Å². The summed E-state index contributed by atoms with van der Waals surface area (Å²) in [5, 5.41) is 15.1. The molecule has 2 fully saturated rings. The van der Waals surface area contributed by atoms with Crippen LogP contribution in [0, 0.1) is 11.8 Å². The van der Waals surface area contributed by atoms with Gasteiger partial charge in [0, 0.05) is 23.9 Å². The third-order valence-corrected chi connectivity index (χ3v) is 7.62. The first kappa shape index (κ1) is 23.4. The standard InChI is InChI=1S/C28H32N2O5/c31-26(32)15-25(17-12-13-17)30-27(33)18-6-5-7-19(14-18)29-28(34)35-16-24-22-10-3-1-8-20(22)21-9-2-4-11-23(21)24/h1-4,8-11,17-19,24-25H,5-7,12-16H2,(H,29,34)(H,30,33)(H,31,32). The molecule has 3 aliphatic carbocycles. The van der Waals surface area contributed by atoms with Crippen LogP contribution in [0.25, 0.3) is 11.1 Å². The van der Waals surface area contributed by atoms with E-state index < -0.39 is 12.1 Å². The number of carbonyl (C=O) groups excluding carboxylic acids is 2. The number of amides is 2. The first-order valence-corrected chi connectivity index (χ1v) is 12.6. The van der Waals surface area contributed by atoms with Crippen LogP contribution in [0.15, 0.2) is 48.5 Å². The van der Waals surface area contributed by atoms with Crippen molar-refractivity contribution < 1.29 is 24.2 Å². The molecule has 3 unspecified atom stereocenters. The van der Waals surface area contributed by atoms with E-state index in [1.807, 2.05) is 24.3 Å². The first-order chi connectivity index (χ1) is 17.0. The van der Waals surface area contributed by atoms with Gasteiger partial charge in [-0.25, -0.2) is 4.79 Å². The molecule has 0 aromatic heterocycles. The zero-order valence-corrected chi connectivity index (χ0v) is 19.7. The Morgan fingerprint density at radius 2 is 1.60 bits per heavy atom. The number of nitrogens with one attached hydrogen (secondary N) is 2. The zero-order chi connectivity index (χ0) is 24.4. The Labute approximate surface area is 205 Å². The Balaban J connectivity index is 1.14. The summed E-state index contributed by atoms with van der Waals surface area (Å²) in [6, 6.07) is 16.0. The Morgan fingerprint density at radius 3 is 2.23 bits per heavy atom. The van der Waals surface area contributed by atoms with Gasteiger partial charge in [0.05, 0.1) is 6.42 Å². The summed E-state index contributed by atoms with van der Waals surface area (Å²) < 4.78 is 5.67. The van der Waals surface area contributed by atoms with Gasteiger partial charge in [-0.15, -0.1) is 0 Å². The van der Waals surface area contributed by atoms with Gasteiger partial charge in [0.1, 0.15) is 6.61 Å². The smallest absolute Gasteiger partial charge is 0.407 e. The number of alkyl carbamates (subject to hydrolysis) is 1. The van der Waals surface area contributed by atoms with E-state index in [9.17, 15) is 14.4 Å². The number of carbonyl (C=O) groups is 3. The van der Waals surface area contributed by atoms with Crippen molar-refractivity contribution >= 4 is 18.0 Å². The molecule has 3 aliphatic rings. The summed E-state index contributed by atoms with van der Waals surface area (Å²) in [5.74, 6) is -0.930. The average Bonchev–Trinajstić information content (AvgIpc) is 3.65. The van der Waals surface area contributed by atoms with E-state index in [2.05, 4.69) is 34.9 Å². The predicted octanol–water partition coefficient (Wildman–Crippen LogP) is 4.45. The molecule has 5 rings (SSSR count). The predicted molar refractivity (Wildman–Crippen MR) is 131 cm³/mol. The number of carboxylic acids is 1. The third-order valence-electron chi connectivity index (χ3n) is 7.62. The quantitative estimate of drug-likeness (QED) is 0.522. The number of benzene rings is 2. The van der Waals surface area contributed by atoms with Gasteiger partial charge in [-0.2, -0.15) is 0 Å². The molecule has 35 heavy (non-hydrogen) atoms. The Kier molecular flexibility index (Phi) is 6.75. The van der Waals surface area contributed by atoms with Crippen LogP contribution < -0.4 is 10.6 Å². The molecule has 2 amide bonds. The molecule has 0 spiro atoms. The van der Waals surface area contributed by atoms with Gasteiger partial charge in [0.2, 0.25) is 5.91 Å². The largest absolute Gasteiger partial charge is 0.481 e. The summed E-state index contributed by atoms with van der Waals surface area (Å²) in [6.45, 7) is 0.259. The molecule has 7 nitrogen and oxygen atoms in total. The maximum atomic E-state index is 12.8. The van der Waals surface area contributed by atoms with Crippen LogP contribution in [-0.2, 0) is 14.3 Å². The summed E-state index contributed by atoms with van der Waals surface area (Å²) in [7, 11) is 0. The van der Waals surface area contributed by atoms with Crippen LogP contribution in [0.2, 0.25) is 0 Å². The van der Waals surface area contributed by atoms with Crippen LogP contribution in [-0.4, -0.2) is 41.8 Å². The van der Waals surface area contributed by atoms with Gasteiger partial charge in [0.15, 0.2) is 0 Å². The molecule has 0 radical (unpaired) electrons. The van der Waals surface area contributed by atoms with Crippen LogP contribution in [0.4, 0.5) is 4.79 Å². The molecular formula is C28H32N2O5. The summed E-state index contributed by atoms with van der Waals surface area (Å²) >= 11 is 0. The molecule has 0 heterocycles. The van der Waals surface area contributed by atoms with E-state index >= 15 is 0 Å². The second-order valence-corrected chi connectivity index (χ2v) is 10.1. The van der Waals surface area contributed by atoms with Crippen molar-refractivity contribution in [1.29, 1.82) is 0 Å². The molecule has 3 atom stereocenters. The number of carboxylic acid groups (broad SMARTS) is 1. The molecule has 2 aromatic rings. The first-order valence-electron chi connectivity index (χ1n) is 12.6. The highest BCUT2D eigenvalue weighted by Crippen LogP contribution is 2.44. The van der Waals surface area contributed by atoms with E-state index in [4.69, 9.17) is 9.84 Å². The zero-order valence-electron chi connectivity index (χ0n) is 19.7. The molecule has 2 aromatic carbocycles. The van der Waals surface area contributed by atoms with Crippen molar-refractivity contribution in [3.63, 3.8) is 0 Å². The fourth-order valence-electron chi connectivity index (χ4n) is 5.69. The van der Waals surface area contributed by atoms with E-state index in [0.29, 0.717) is 6.42 Å². The fraction of sp³-hybridized carbons (Fsp3) is 0.464. The SMILES string of the molecule is O=C(O)CC(NC(=O)C1CCCC(NC(=O)OCC2c3ccccc3-c3ccccc32)C1)C1CC1. The normalized spacial score (nSPS) is 21.9. The van der Waals surface area contributed by atoms with Gasteiger partial charge in [-0.3, -0.25) is 9.59 Å². The van der Waals surface area contributed by atoms with Crippen LogP contribution in [0.3, 0.4) is 0 Å². The Bertz CT molecular complexity index is 1070. The molecule has 3 N–H and O–H groups in total. The molecular weight excluding hydrogens is 444 g/mol. The molecule has 0 saturated heterocycles. The Hall–Kier alpha value is -3.35. The van der Waals surface area contributed by atoms with Crippen molar-refractivity contribution in [1.82, 2.24) is 10.6 Å². The fourth-order valence-corrected chi connectivity index (χ4v) is 5.69. The van der Waals surface area contributed by atoms with Crippen LogP contribution in [0.1, 0.15) is 62.0 Å². The number of ether oxygens (including phenoxy) is 1. The summed E-state index contributed by atoms with van der Waals surface area (Å²) in [6.07, 6.45) is 4.36. The lowest BCUT2D eigenvalue weighted by Gasteiger charge is -2.30. The Morgan fingerprint density at radius 1 is 0.943 bits per heavy atom. The maximum absolute atomic E-state index is 12.8. The minimum atomic E-state index is -0.888.